The highest BCUT2D eigenvalue weighted by Gasteiger charge is 2.25. The van der Waals surface area contributed by atoms with Crippen LogP contribution in [-0.4, -0.2) is 59.5 Å². The highest BCUT2D eigenvalue weighted by Crippen LogP contribution is 2.25. The number of benzene rings is 2. The largest absolute Gasteiger partial charge is 0.356 e. The number of likely N-dealkylation sites (tertiary alicyclic amines) is 2. The molecule has 0 saturated carbocycles. The third kappa shape index (κ3) is 6.37. The minimum absolute atomic E-state index is 0.159. The summed E-state index contributed by atoms with van der Waals surface area (Å²) >= 11 is 0. The number of fused-ring (bicyclic) bond motifs is 1. The summed E-state index contributed by atoms with van der Waals surface area (Å²) in [6, 6.07) is 21.8. The maximum absolute atomic E-state index is 12.8. The maximum Gasteiger partial charge on any atom is 0.223 e. The van der Waals surface area contributed by atoms with Gasteiger partial charge in [0.1, 0.15) is 0 Å². The molecule has 0 radical (unpaired) electrons. The number of amides is 1. The van der Waals surface area contributed by atoms with Crippen molar-refractivity contribution in [3.8, 4) is 0 Å². The molecule has 2 aliphatic heterocycles. The van der Waals surface area contributed by atoms with Crippen LogP contribution in [0.3, 0.4) is 0 Å². The molecule has 0 aliphatic carbocycles. The van der Waals surface area contributed by atoms with E-state index in [4.69, 9.17) is 0 Å². The number of carbonyl (C=O) groups excluding carboxylic acids is 1. The van der Waals surface area contributed by atoms with E-state index < -0.39 is 0 Å². The fourth-order valence-corrected chi connectivity index (χ4v) is 6.08. The van der Waals surface area contributed by atoms with Gasteiger partial charge in [-0.05, 0) is 87.3 Å². The van der Waals surface area contributed by atoms with E-state index in [1.807, 2.05) is 0 Å². The minimum atomic E-state index is 0.159. The van der Waals surface area contributed by atoms with Crippen LogP contribution in [0.5, 0.6) is 0 Å². The van der Waals surface area contributed by atoms with Crippen molar-refractivity contribution in [2.75, 3.05) is 39.3 Å². The Balaban J connectivity index is 1.11. The third-order valence-electron chi connectivity index (χ3n) is 8.12. The number of carbonyl (C=O) groups is 1. The van der Waals surface area contributed by atoms with E-state index >= 15 is 0 Å². The number of aromatic nitrogens is 1. The van der Waals surface area contributed by atoms with E-state index in [2.05, 4.69) is 87.3 Å². The smallest absolute Gasteiger partial charge is 0.223 e. The van der Waals surface area contributed by atoms with E-state index in [0.717, 1.165) is 64.4 Å². The van der Waals surface area contributed by atoms with Crippen LogP contribution in [0.4, 0.5) is 0 Å². The van der Waals surface area contributed by atoms with Gasteiger partial charge in [-0.1, -0.05) is 55.5 Å². The lowest BCUT2D eigenvalue weighted by Crippen LogP contribution is -2.41. The van der Waals surface area contributed by atoms with Gasteiger partial charge in [-0.15, -0.1) is 0 Å². The van der Waals surface area contributed by atoms with Gasteiger partial charge in [0.2, 0.25) is 5.91 Å². The number of piperidine rings is 2. The predicted molar refractivity (Wildman–Crippen MR) is 148 cm³/mol. The van der Waals surface area contributed by atoms with Gasteiger partial charge in [0.15, 0.2) is 0 Å². The number of hydrogen-bond donors (Lipinski definition) is 1. The first-order chi connectivity index (χ1) is 17.7. The zero-order valence-electron chi connectivity index (χ0n) is 21.9. The molecule has 192 valence electrons. The summed E-state index contributed by atoms with van der Waals surface area (Å²) in [5.41, 5.74) is 3.98. The Kier molecular flexibility index (Phi) is 8.40. The van der Waals surface area contributed by atoms with Crippen molar-refractivity contribution in [1.29, 1.82) is 0 Å². The highest BCUT2D eigenvalue weighted by molar-refractivity contribution is 5.81. The van der Waals surface area contributed by atoms with Crippen molar-refractivity contribution in [2.24, 2.45) is 11.8 Å². The van der Waals surface area contributed by atoms with E-state index in [1.54, 1.807) is 0 Å². The Morgan fingerprint density at radius 1 is 0.917 bits per heavy atom. The molecule has 2 fully saturated rings. The standard InChI is InChI=1S/C31H42N4O/c1-25-9-7-17-33(22-25)18-8-16-32-31(36)27-14-19-34(20-15-27)24-29-21-28-12-5-6-13-30(28)35(29)23-26-10-3-2-4-11-26/h2-6,10-13,21,25,27H,7-9,14-20,22-24H2,1H3,(H,32,36)/t25-/m0/s1. The first kappa shape index (κ1) is 25.0. The number of nitrogens with one attached hydrogen (secondary N) is 1. The number of hydrogen-bond acceptors (Lipinski definition) is 3. The molecule has 0 bridgehead atoms. The van der Waals surface area contributed by atoms with Crippen molar-refractivity contribution in [1.82, 2.24) is 19.7 Å². The third-order valence-corrected chi connectivity index (χ3v) is 8.12. The quantitative estimate of drug-likeness (QED) is 0.426. The van der Waals surface area contributed by atoms with Gasteiger partial charge in [0.05, 0.1) is 0 Å². The molecule has 2 saturated heterocycles. The van der Waals surface area contributed by atoms with Crippen molar-refractivity contribution in [3.05, 3.63) is 71.9 Å². The molecule has 1 amide bonds. The molecule has 5 heteroatoms. The van der Waals surface area contributed by atoms with Gasteiger partial charge >= 0.3 is 0 Å². The van der Waals surface area contributed by atoms with Crippen LogP contribution in [0.15, 0.2) is 60.7 Å². The van der Waals surface area contributed by atoms with Gasteiger partial charge in [-0.25, -0.2) is 0 Å². The van der Waals surface area contributed by atoms with Gasteiger partial charge in [-0.2, -0.15) is 0 Å². The lowest BCUT2D eigenvalue weighted by atomic mass is 9.95. The van der Waals surface area contributed by atoms with Crippen LogP contribution >= 0.6 is 0 Å². The Morgan fingerprint density at radius 2 is 1.69 bits per heavy atom. The average Bonchev–Trinajstić information content (AvgIpc) is 3.24. The highest BCUT2D eigenvalue weighted by atomic mass is 16.1. The van der Waals surface area contributed by atoms with Crippen LogP contribution in [0.25, 0.3) is 10.9 Å². The van der Waals surface area contributed by atoms with Crippen LogP contribution in [0.1, 0.15) is 50.3 Å². The zero-order chi connectivity index (χ0) is 24.7. The van der Waals surface area contributed by atoms with Crippen molar-refractivity contribution in [3.63, 3.8) is 0 Å². The molecule has 3 heterocycles. The molecule has 2 aliphatic rings. The summed E-state index contributed by atoms with van der Waals surface area (Å²) in [7, 11) is 0. The maximum atomic E-state index is 12.8. The monoisotopic (exact) mass is 486 g/mol. The normalized spacial score (nSPS) is 20.1. The van der Waals surface area contributed by atoms with Crippen LogP contribution in [0.2, 0.25) is 0 Å². The summed E-state index contributed by atoms with van der Waals surface area (Å²) in [6.07, 6.45) is 5.65. The van der Waals surface area contributed by atoms with E-state index in [1.165, 1.54) is 48.1 Å². The Bertz CT molecular complexity index is 1120. The molecule has 3 aromatic rings. The van der Waals surface area contributed by atoms with E-state index in [9.17, 15) is 4.79 Å². The number of para-hydroxylation sites is 1. The topological polar surface area (TPSA) is 40.5 Å². The molecule has 0 spiro atoms. The second-order valence-corrected chi connectivity index (χ2v) is 11.0. The Hall–Kier alpha value is -2.63. The van der Waals surface area contributed by atoms with Crippen molar-refractivity contribution < 1.29 is 4.79 Å². The SMILES string of the molecule is C[C@H]1CCCN(CCCNC(=O)C2CCN(Cc3cc4ccccc4n3Cc3ccccc3)CC2)C1. The van der Waals surface area contributed by atoms with E-state index in [-0.39, 0.29) is 11.8 Å². The second-order valence-electron chi connectivity index (χ2n) is 11.0. The first-order valence-corrected chi connectivity index (χ1v) is 14.0. The van der Waals surface area contributed by atoms with E-state index in [0.29, 0.717) is 0 Å². The fraction of sp³-hybridized carbons (Fsp3) is 0.516. The molecular formula is C31H42N4O. The zero-order valence-corrected chi connectivity index (χ0v) is 21.9. The first-order valence-electron chi connectivity index (χ1n) is 14.0. The van der Waals surface area contributed by atoms with Gasteiger partial charge in [0, 0.05) is 43.3 Å². The van der Waals surface area contributed by atoms with Crippen molar-refractivity contribution >= 4 is 16.8 Å². The van der Waals surface area contributed by atoms with Gasteiger partial charge in [0.25, 0.3) is 0 Å². The summed E-state index contributed by atoms with van der Waals surface area (Å²) in [6.45, 7) is 10.5. The lowest BCUT2D eigenvalue weighted by Gasteiger charge is -2.32. The van der Waals surface area contributed by atoms with Crippen molar-refractivity contribution in [2.45, 2.75) is 52.1 Å². The summed E-state index contributed by atoms with van der Waals surface area (Å²) in [5, 5.41) is 4.54. The molecular weight excluding hydrogens is 444 g/mol. The molecule has 36 heavy (non-hydrogen) atoms. The predicted octanol–water partition coefficient (Wildman–Crippen LogP) is 5.14. The molecule has 5 nitrogen and oxygen atoms in total. The van der Waals surface area contributed by atoms with Gasteiger partial charge in [-0.3, -0.25) is 9.69 Å². The minimum Gasteiger partial charge on any atom is -0.356 e. The Labute approximate surface area is 216 Å². The summed E-state index contributed by atoms with van der Waals surface area (Å²) < 4.78 is 2.46. The molecule has 1 N–H and O–H groups in total. The number of nitrogens with zero attached hydrogens (tertiary/aromatic N) is 3. The summed E-state index contributed by atoms with van der Waals surface area (Å²) in [5.74, 6) is 1.24. The molecule has 1 aromatic heterocycles. The fourth-order valence-electron chi connectivity index (χ4n) is 6.08. The molecule has 1 atom stereocenters. The summed E-state index contributed by atoms with van der Waals surface area (Å²) in [4.78, 5) is 17.9. The second kappa shape index (κ2) is 12.1. The molecule has 5 rings (SSSR count). The average molecular weight is 487 g/mol. The van der Waals surface area contributed by atoms with Crippen LogP contribution in [-0.2, 0) is 17.9 Å². The Morgan fingerprint density at radius 3 is 2.50 bits per heavy atom. The molecule has 0 unspecified atom stereocenters. The lowest BCUT2D eigenvalue weighted by molar-refractivity contribution is -0.126. The van der Waals surface area contributed by atoms with Crippen LogP contribution < -0.4 is 5.32 Å². The van der Waals surface area contributed by atoms with Gasteiger partial charge < -0.3 is 14.8 Å². The molecule has 2 aromatic carbocycles. The van der Waals surface area contributed by atoms with Crippen LogP contribution in [0, 0.1) is 11.8 Å². The number of rotatable bonds is 9.